The molecule has 3 rings (SSSR count). The number of rotatable bonds is 5. The molecule has 2 atom stereocenters. The van der Waals surface area contributed by atoms with Crippen LogP contribution in [-0.2, 0) is 4.79 Å². The van der Waals surface area contributed by atoms with Crippen molar-refractivity contribution in [3.05, 3.63) is 66.2 Å². The van der Waals surface area contributed by atoms with Gasteiger partial charge in [-0.25, -0.2) is 0 Å². The molecule has 2 unspecified atom stereocenters. The van der Waals surface area contributed by atoms with E-state index in [1.807, 2.05) is 65.6 Å². The number of amides is 1. The van der Waals surface area contributed by atoms with Crippen molar-refractivity contribution in [3.8, 4) is 0 Å². The summed E-state index contributed by atoms with van der Waals surface area (Å²) in [6.07, 6.45) is 0.342. The van der Waals surface area contributed by atoms with Crippen molar-refractivity contribution in [2.45, 2.75) is 25.0 Å². The van der Waals surface area contributed by atoms with Gasteiger partial charge in [-0.05, 0) is 24.1 Å². The molecule has 0 spiro atoms. The molecular formula is C19H22N2O2. The molecule has 2 aromatic carbocycles. The Bertz CT molecular complexity index is 630. The highest BCUT2D eigenvalue weighted by atomic mass is 16.3. The average molecular weight is 310 g/mol. The monoisotopic (exact) mass is 310 g/mol. The van der Waals surface area contributed by atoms with E-state index < -0.39 is 6.10 Å². The van der Waals surface area contributed by atoms with Gasteiger partial charge in [-0.2, -0.15) is 0 Å². The predicted molar refractivity (Wildman–Crippen MR) is 91.1 cm³/mol. The fourth-order valence-corrected chi connectivity index (χ4v) is 2.96. The minimum atomic E-state index is -0.732. The topological polar surface area (TPSA) is 52.6 Å². The summed E-state index contributed by atoms with van der Waals surface area (Å²) in [5.41, 5.74) is 1.87. The van der Waals surface area contributed by atoms with Gasteiger partial charge < -0.3 is 15.3 Å². The predicted octanol–water partition coefficient (Wildman–Crippen LogP) is 2.82. The van der Waals surface area contributed by atoms with Crippen molar-refractivity contribution in [2.24, 2.45) is 0 Å². The summed E-state index contributed by atoms with van der Waals surface area (Å²) < 4.78 is 0. The molecule has 0 radical (unpaired) electrons. The van der Waals surface area contributed by atoms with Crippen molar-refractivity contribution in [3.63, 3.8) is 0 Å². The average Bonchev–Trinajstić information content (AvgIpc) is 3.05. The maximum absolute atomic E-state index is 12.4. The summed E-state index contributed by atoms with van der Waals surface area (Å²) >= 11 is 0. The number of aliphatic hydroxyl groups excluding tert-OH is 1. The molecule has 0 saturated carbocycles. The third-order valence-electron chi connectivity index (χ3n) is 4.24. The van der Waals surface area contributed by atoms with Crippen LogP contribution in [0.5, 0.6) is 0 Å². The second-order valence-corrected chi connectivity index (χ2v) is 5.97. The largest absolute Gasteiger partial charge is 0.388 e. The van der Waals surface area contributed by atoms with Gasteiger partial charge in [-0.15, -0.1) is 0 Å². The Morgan fingerprint density at radius 1 is 1.13 bits per heavy atom. The first kappa shape index (κ1) is 15.6. The zero-order chi connectivity index (χ0) is 16.1. The first-order chi connectivity index (χ1) is 11.2. The molecule has 0 aromatic heterocycles. The van der Waals surface area contributed by atoms with Crippen LogP contribution < -0.4 is 5.32 Å². The molecule has 120 valence electrons. The lowest BCUT2D eigenvalue weighted by Gasteiger charge is -2.19. The van der Waals surface area contributed by atoms with Crippen LogP contribution in [0.1, 0.15) is 24.5 Å². The van der Waals surface area contributed by atoms with E-state index in [1.165, 1.54) is 0 Å². The molecule has 2 aromatic rings. The molecule has 1 amide bonds. The van der Waals surface area contributed by atoms with E-state index in [0.717, 1.165) is 24.2 Å². The summed E-state index contributed by atoms with van der Waals surface area (Å²) in [4.78, 5) is 14.2. The van der Waals surface area contributed by atoms with Crippen molar-refractivity contribution in [1.29, 1.82) is 0 Å². The zero-order valence-corrected chi connectivity index (χ0v) is 13.1. The van der Waals surface area contributed by atoms with Crippen LogP contribution in [0.25, 0.3) is 0 Å². The molecule has 1 saturated heterocycles. The van der Waals surface area contributed by atoms with E-state index in [0.29, 0.717) is 6.54 Å². The number of nitrogens with one attached hydrogen (secondary N) is 1. The van der Waals surface area contributed by atoms with Gasteiger partial charge in [0.15, 0.2) is 0 Å². The number of anilines is 1. The molecule has 1 heterocycles. The molecule has 1 aliphatic heterocycles. The van der Waals surface area contributed by atoms with Gasteiger partial charge in [0.25, 0.3) is 0 Å². The van der Waals surface area contributed by atoms with Crippen LogP contribution >= 0.6 is 0 Å². The van der Waals surface area contributed by atoms with Crippen molar-refractivity contribution in [1.82, 2.24) is 4.90 Å². The van der Waals surface area contributed by atoms with Gasteiger partial charge >= 0.3 is 0 Å². The molecule has 2 N–H and O–H groups in total. The molecule has 0 bridgehead atoms. The fraction of sp³-hybridized carbons (Fsp3) is 0.316. The van der Waals surface area contributed by atoms with E-state index in [-0.39, 0.29) is 18.4 Å². The molecule has 1 fully saturated rings. The molecule has 4 nitrogen and oxygen atoms in total. The lowest BCUT2D eigenvalue weighted by atomic mass is 10.1. The maximum atomic E-state index is 12.4. The summed E-state index contributed by atoms with van der Waals surface area (Å²) in [6, 6.07) is 19.7. The molecule has 0 aliphatic carbocycles. The number of nitrogens with zero attached hydrogens (tertiary/aromatic N) is 1. The fourth-order valence-electron chi connectivity index (χ4n) is 2.96. The summed E-state index contributed by atoms with van der Waals surface area (Å²) in [5, 5.41) is 13.6. The van der Waals surface area contributed by atoms with Crippen LogP contribution in [0.2, 0.25) is 0 Å². The van der Waals surface area contributed by atoms with Gasteiger partial charge in [-0.1, -0.05) is 48.5 Å². The Balaban J connectivity index is 1.51. The Labute approximate surface area is 136 Å². The standard InChI is InChI=1S/C19H22N2O2/c22-18(15-7-3-1-4-8-15)13-19(23)21-12-11-17(14-21)20-16-9-5-2-6-10-16/h1-10,17-18,20,22H,11-14H2. The molecule has 1 aliphatic rings. The van der Waals surface area contributed by atoms with Gasteiger partial charge in [0.1, 0.15) is 0 Å². The minimum Gasteiger partial charge on any atom is -0.388 e. The maximum Gasteiger partial charge on any atom is 0.225 e. The number of para-hydroxylation sites is 1. The number of carbonyl (C=O) groups excluding carboxylic acids is 1. The number of carbonyl (C=O) groups is 1. The van der Waals surface area contributed by atoms with E-state index in [2.05, 4.69) is 5.32 Å². The summed E-state index contributed by atoms with van der Waals surface area (Å²) in [7, 11) is 0. The van der Waals surface area contributed by atoms with Crippen LogP contribution in [0, 0.1) is 0 Å². The third-order valence-corrected chi connectivity index (χ3v) is 4.24. The third kappa shape index (κ3) is 4.11. The van der Waals surface area contributed by atoms with E-state index >= 15 is 0 Å². The van der Waals surface area contributed by atoms with Gasteiger partial charge in [0.2, 0.25) is 5.91 Å². The Hall–Kier alpha value is -2.33. The van der Waals surface area contributed by atoms with E-state index in [4.69, 9.17) is 0 Å². The van der Waals surface area contributed by atoms with Crippen LogP contribution in [-0.4, -0.2) is 35.0 Å². The number of benzene rings is 2. The molecular weight excluding hydrogens is 288 g/mol. The number of hydrogen-bond acceptors (Lipinski definition) is 3. The summed E-state index contributed by atoms with van der Waals surface area (Å²) in [5.74, 6) is 0.0127. The van der Waals surface area contributed by atoms with E-state index in [9.17, 15) is 9.90 Å². The number of aliphatic hydroxyl groups is 1. The van der Waals surface area contributed by atoms with Crippen molar-refractivity contribution in [2.75, 3.05) is 18.4 Å². The molecule has 23 heavy (non-hydrogen) atoms. The Morgan fingerprint density at radius 2 is 1.78 bits per heavy atom. The lowest BCUT2D eigenvalue weighted by molar-refractivity contribution is -0.132. The quantitative estimate of drug-likeness (QED) is 0.893. The summed E-state index contributed by atoms with van der Waals surface area (Å²) in [6.45, 7) is 1.43. The number of likely N-dealkylation sites (tertiary alicyclic amines) is 1. The first-order valence-electron chi connectivity index (χ1n) is 8.05. The lowest BCUT2D eigenvalue weighted by Crippen LogP contribution is -2.32. The van der Waals surface area contributed by atoms with Gasteiger partial charge in [-0.3, -0.25) is 4.79 Å². The minimum absolute atomic E-state index is 0.0127. The Kier molecular flexibility index (Phi) is 4.93. The van der Waals surface area contributed by atoms with E-state index in [1.54, 1.807) is 0 Å². The second kappa shape index (κ2) is 7.29. The highest BCUT2D eigenvalue weighted by Gasteiger charge is 2.27. The van der Waals surface area contributed by atoms with Crippen molar-refractivity contribution >= 4 is 11.6 Å². The Morgan fingerprint density at radius 3 is 2.48 bits per heavy atom. The van der Waals surface area contributed by atoms with Crippen molar-refractivity contribution < 1.29 is 9.90 Å². The van der Waals surface area contributed by atoms with Crippen LogP contribution in [0.3, 0.4) is 0 Å². The normalized spacial score (nSPS) is 18.7. The second-order valence-electron chi connectivity index (χ2n) is 5.97. The number of hydrogen-bond donors (Lipinski definition) is 2. The smallest absolute Gasteiger partial charge is 0.225 e. The zero-order valence-electron chi connectivity index (χ0n) is 13.1. The van der Waals surface area contributed by atoms with Crippen LogP contribution in [0.4, 0.5) is 5.69 Å². The highest BCUT2D eigenvalue weighted by Crippen LogP contribution is 2.21. The van der Waals surface area contributed by atoms with Gasteiger partial charge in [0.05, 0.1) is 12.5 Å². The van der Waals surface area contributed by atoms with Crippen LogP contribution in [0.15, 0.2) is 60.7 Å². The highest BCUT2D eigenvalue weighted by molar-refractivity contribution is 5.77. The van der Waals surface area contributed by atoms with Gasteiger partial charge in [0, 0.05) is 24.8 Å². The molecule has 4 heteroatoms. The SMILES string of the molecule is O=C(CC(O)c1ccccc1)N1CCC(Nc2ccccc2)C1. The first-order valence-corrected chi connectivity index (χ1v) is 8.05.